The maximum Gasteiger partial charge on any atom is 0.335 e. The Morgan fingerprint density at radius 3 is 2.57 bits per heavy atom. The molecule has 0 aliphatic carbocycles. The first kappa shape index (κ1) is 15.3. The van der Waals surface area contributed by atoms with E-state index in [1.807, 2.05) is 17.5 Å². The van der Waals surface area contributed by atoms with E-state index < -0.39 is 5.97 Å². The van der Waals surface area contributed by atoms with Gasteiger partial charge in [0.15, 0.2) is 0 Å². The van der Waals surface area contributed by atoms with Crippen molar-refractivity contribution >= 4 is 23.2 Å². The van der Waals surface area contributed by atoms with Crippen molar-refractivity contribution in [1.29, 1.82) is 0 Å². The van der Waals surface area contributed by atoms with Crippen molar-refractivity contribution in [3.63, 3.8) is 0 Å². The average molecular weight is 303 g/mol. The van der Waals surface area contributed by atoms with Gasteiger partial charge in [-0.25, -0.2) is 4.79 Å². The lowest BCUT2D eigenvalue weighted by atomic mass is 10.1. The van der Waals surface area contributed by atoms with Gasteiger partial charge in [0.25, 0.3) is 5.91 Å². The number of carboxylic acids is 1. The molecule has 4 nitrogen and oxygen atoms in total. The predicted octanol–water partition coefficient (Wildman–Crippen LogP) is 3.07. The number of rotatable bonds is 5. The van der Waals surface area contributed by atoms with E-state index in [1.165, 1.54) is 10.9 Å². The summed E-state index contributed by atoms with van der Waals surface area (Å²) in [5, 5.41) is 11.1. The third-order valence-corrected chi connectivity index (χ3v) is 4.13. The SMILES string of the molecule is Cc1cc(C(=O)O)cc(C(=O)N(C)CCc2cccs2)c1. The molecular weight excluding hydrogens is 286 g/mol. The number of thiophene rings is 1. The maximum atomic E-state index is 12.4. The number of aryl methyl sites for hydroxylation is 1. The number of hydrogen-bond acceptors (Lipinski definition) is 3. The third-order valence-electron chi connectivity index (χ3n) is 3.19. The molecule has 1 heterocycles. The molecule has 0 saturated heterocycles. The smallest absolute Gasteiger partial charge is 0.335 e. The standard InChI is InChI=1S/C16H17NO3S/c1-11-8-12(10-13(9-11)16(19)20)15(18)17(2)6-5-14-4-3-7-21-14/h3-4,7-10H,5-6H2,1-2H3,(H,19,20). The highest BCUT2D eigenvalue weighted by molar-refractivity contribution is 7.09. The van der Waals surface area contributed by atoms with Crippen LogP contribution < -0.4 is 0 Å². The van der Waals surface area contributed by atoms with Crippen molar-refractivity contribution in [2.45, 2.75) is 13.3 Å². The van der Waals surface area contributed by atoms with Gasteiger partial charge in [-0.15, -0.1) is 11.3 Å². The van der Waals surface area contributed by atoms with Gasteiger partial charge in [0.1, 0.15) is 0 Å². The topological polar surface area (TPSA) is 57.6 Å². The molecule has 0 aliphatic heterocycles. The largest absolute Gasteiger partial charge is 0.478 e. The van der Waals surface area contributed by atoms with Gasteiger partial charge in [0.2, 0.25) is 0 Å². The summed E-state index contributed by atoms with van der Waals surface area (Å²) < 4.78 is 0. The summed E-state index contributed by atoms with van der Waals surface area (Å²) in [6.45, 7) is 2.39. The third kappa shape index (κ3) is 3.92. The van der Waals surface area contributed by atoms with Gasteiger partial charge >= 0.3 is 5.97 Å². The minimum Gasteiger partial charge on any atom is -0.478 e. The number of hydrogen-bond donors (Lipinski definition) is 1. The van der Waals surface area contributed by atoms with E-state index in [2.05, 4.69) is 0 Å². The Hall–Kier alpha value is -2.14. The van der Waals surface area contributed by atoms with Crippen LogP contribution in [0.1, 0.15) is 31.2 Å². The van der Waals surface area contributed by atoms with Crippen molar-refractivity contribution in [2.24, 2.45) is 0 Å². The molecule has 0 unspecified atom stereocenters. The molecule has 2 aromatic rings. The Balaban J connectivity index is 2.09. The first-order chi connectivity index (χ1) is 9.97. The van der Waals surface area contributed by atoms with Crippen LogP contribution in [0, 0.1) is 6.92 Å². The minimum absolute atomic E-state index is 0.144. The molecule has 2 rings (SSSR count). The maximum absolute atomic E-state index is 12.4. The number of aromatic carboxylic acids is 1. The molecule has 1 N–H and O–H groups in total. The molecule has 0 atom stereocenters. The zero-order valence-corrected chi connectivity index (χ0v) is 12.8. The highest BCUT2D eigenvalue weighted by Crippen LogP contribution is 2.14. The Morgan fingerprint density at radius 1 is 1.24 bits per heavy atom. The van der Waals surface area contributed by atoms with Gasteiger partial charge in [-0.05, 0) is 48.6 Å². The first-order valence-electron chi connectivity index (χ1n) is 6.60. The van der Waals surface area contributed by atoms with E-state index >= 15 is 0 Å². The summed E-state index contributed by atoms with van der Waals surface area (Å²) >= 11 is 1.67. The summed E-state index contributed by atoms with van der Waals surface area (Å²) in [6.07, 6.45) is 0.803. The molecule has 1 aromatic heterocycles. The van der Waals surface area contributed by atoms with Gasteiger partial charge in [-0.3, -0.25) is 4.79 Å². The second-order valence-corrected chi connectivity index (χ2v) is 5.98. The van der Waals surface area contributed by atoms with Gasteiger partial charge in [-0.2, -0.15) is 0 Å². The summed E-state index contributed by atoms with van der Waals surface area (Å²) in [7, 11) is 1.73. The molecule has 0 radical (unpaired) electrons. The van der Waals surface area contributed by atoms with Crippen LogP contribution in [0.2, 0.25) is 0 Å². The number of likely N-dealkylation sites (N-methyl/N-ethyl adjacent to an activating group) is 1. The van der Waals surface area contributed by atoms with Crippen LogP contribution >= 0.6 is 11.3 Å². The Labute approximate surface area is 127 Å². The van der Waals surface area contributed by atoms with Crippen molar-refractivity contribution in [2.75, 3.05) is 13.6 Å². The van der Waals surface area contributed by atoms with Gasteiger partial charge < -0.3 is 10.0 Å². The zero-order chi connectivity index (χ0) is 15.4. The fraction of sp³-hybridized carbons (Fsp3) is 0.250. The Morgan fingerprint density at radius 2 is 1.95 bits per heavy atom. The van der Waals surface area contributed by atoms with Crippen LogP contribution in [-0.4, -0.2) is 35.5 Å². The predicted molar refractivity (Wildman–Crippen MR) is 83.1 cm³/mol. The Bertz CT molecular complexity index is 650. The summed E-state index contributed by atoms with van der Waals surface area (Å²) in [6, 6.07) is 8.74. The van der Waals surface area contributed by atoms with Gasteiger partial charge in [-0.1, -0.05) is 6.07 Å². The number of carboxylic acid groups (broad SMARTS) is 1. The number of benzene rings is 1. The summed E-state index contributed by atoms with van der Waals surface area (Å²) in [5.74, 6) is -1.17. The first-order valence-corrected chi connectivity index (χ1v) is 7.48. The fourth-order valence-electron chi connectivity index (χ4n) is 2.08. The normalized spacial score (nSPS) is 10.4. The molecule has 0 aliphatic rings. The molecule has 110 valence electrons. The fourth-order valence-corrected chi connectivity index (χ4v) is 2.78. The van der Waals surface area contributed by atoms with Crippen LogP contribution in [-0.2, 0) is 6.42 Å². The van der Waals surface area contributed by atoms with Crippen molar-refractivity contribution in [1.82, 2.24) is 4.90 Å². The van der Waals surface area contributed by atoms with Crippen LogP contribution in [0.15, 0.2) is 35.7 Å². The Kier molecular flexibility index (Phi) is 4.75. The molecule has 0 fully saturated rings. The molecule has 1 aromatic carbocycles. The monoisotopic (exact) mass is 303 g/mol. The number of carbonyl (C=O) groups excluding carboxylic acids is 1. The van der Waals surface area contributed by atoms with Gasteiger partial charge in [0.05, 0.1) is 5.56 Å². The highest BCUT2D eigenvalue weighted by Gasteiger charge is 2.15. The zero-order valence-electron chi connectivity index (χ0n) is 12.0. The molecular formula is C16H17NO3S. The number of carbonyl (C=O) groups is 2. The van der Waals surface area contributed by atoms with E-state index in [0.29, 0.717) is 12.1 Å². The molecule has 0 spiro atoms. The second-order valence-electron chi connectivity index (χ2n) is 4.95. The van der Waals surface area contributed by atoms with Crippen molar-refractivity contribution in [3.8, 4) is 0 Å². The van der Waals surface area contributed by atoms with Crippen molar-refractivity contribution < 1.29 is 14.7 Å². The molecule has 5 heteroatoms. The number of nitrogens with zero attached hydrogens (tertiary/aromatic N) is 1. The molecule has 0 saturated carbocycles. The van der Waals surface area contributed by atoms with E-state index in [1.54, 1.807) is 42.3 Å². The van der Waals surface area contributed by atoms with Crippen LogP contribution in [0.25, 0.3) is 0 Å². The van der Waals surface area contributed by atoms with Gasteiger partial charge in [0, 0.05) is 24.0 Å². The van der Waals surface area contributed by atoms with Crippen LogP contribution in [0.4, 0.5) is 0 Å². The quantitative estimate of drug-likeness (QED) is 0.923. The number of amides is 1. The van der Waals surface area contributed by atoms with Crippen LogP contribution in [0.5, 0.6) is 0 Å². The minimum atomic E-state index is -1.02. The van der Waals surface area contributed by atoms with E-state index in [4.69, 9.17) is 5.11 Å². The van der Waals surface area contributed by atoms with E-state index in [-0.39, 0.29) is 11.5 Å². The molecule has 21 heavy (non-hydrogen) atoms. The van der Waals surface area contributed by atoms with E-state index in [9.17, 15) is 9.59 Å². The lowest BCUT2D eigenvalue weighted by molar-refractivity contribution is 0.0696. The second kappa shape index (κ2) is 6.54. The summed E-state index contributed by atoms with van der Waals surface area (Å²) in [5.41, 5.74) is 1.33. The van der Waals surface area contributed by atoms with Crippen LogP contribution in [0.3, 0.4) is 0 Å². The lowest BCUT2D eigenvalue weighted by Crippen LogP contribution is -2.29. The lowest BCUT2D eigenvalue weighted by Gasteiger charge is -2.17. The molecule has 1 amide bonds. The summed E-state index contributed by atoms with van der Waals surface area (Å²) in [4.78, 5) is 26.3. The average Bonchev–Trinajstić information content (AvgIpc) is 2.96. The van der Waals surface area contributed by atoms with Crippen molar-refractivity contribution in [3.05, 3.63) is 57.3 Å². The van der Waals surface area contributed by atoms with E-state index in [0.717, 1.165) is 12.0 Å². The molecule has 0 bridgehead atoms. The highest BCUT2D eigenvalue weighted by atomic mass is 32.1.